The predicted octanol–water partition coefficient (Wildman–Crippen LogP) is 4.67. The molecule has 1 aliphatic rings. The molecule has 1 aromatic heterocycles. The van der Waals surface area contributed by atoms with Crippen LogP contribution in [-0.4, -0.2) is 16.8 Å². The normalized spacial score (nSPS) is 15.3. The summed E-state index contributed by atoms with van der Waals surface area (Å²) in [5.74, 6) is -5.40. The van der Waals surface area contributed by atoms with Crippen LogP contribution >= 0.6 is 11.6 Å². The van der Waals surface area contributed by atoms with Crippen molar-refractivity contribution in [3.63, 3.8) is 0 Å². The highest BCUT2D eigenvalue weighted by molar-refractivity contribution is 6.31. The molecule has 0 spiro atoms. The minimum atomic E-state index is -5.00. The van der Waals surface area contributed by atoms with E-state index in [2.05, 4.69) is 10.3 Å². The van der Waals surface area contributed by atoms with Gasteiger partial charge in [-0.3, -0.25) is 14.6 Å². The monoisotopic (exact) mass is 523 g/mol. The predicted molar refractivity (Wildman–Crippen MR) is 116 cm³/mol. The Morgan fingerprint density at radius 2 is 1.78 bits per heavy atom. The van der Waals surface area contributed by atoms with Crippen LogP contribution in [0.3, 0.4) is 0 Å². The number of alkyl halides is 3. The summed E-state index contributed by atoms with van der Waals surface area (Å²) in [6, 6.07) is 3.68. The van der Waals surface area contributed by atoms with Crippen LogP contribution in [0.15, 0.2) is 45.6 Å². The van der Waals surface area contributed by atoms with Gasteiger partial charge in [0.2, 0.25) is 5.91 Å². The van der Waals surface area contributed by atoms with Crippen LogP contribution in [0.5, 0.6) is 0 Å². The Balaban J connectivity index is 1.92. The second-order valence-electron chi connectivity index (χ2n) is 7.92. The SMILES string of the molecule is NC(=O)c1cc(C(F)(F)F)cc(F)c1-c1cc2[nH]c(=O)oc2c2c1C(c1cc(F)ccc1Cl)NC2=O. The first-order valence-electron chi connectivity index (χ1n) is 10.0. The molecule has 2 amide bonds. The molecule has 4 aromatic rings. The molecule has 0 fully saturated rings. The van der Waals surface area contributed by atoms with Crippen LogP contribution in [0.2, 0.25) is 5.02 Å². The van der Waals surface area contributed by atoms with Crippen molar-refractivity contribution in [1.82, 2.24) is 10.3 Å². The van der Waals surface area contributed by atoms with Crippen LogP contribution in [-0.2, 0) is 6.18 Å². The fourth-order valence-corrected chi connectivity index (χ4v) is 4.55. The molecule has 0 saturated heterocycles. The molecule has 0 aliphatic carbocycles. The molecule has 1 atom stereocenters. The van der Waals surface area contributed by atoms with Crippen molar-refractivity contribution < 1.29 is 36.0 Å². The lowest BCUT2D eigenvalue weighted by Crippen LogP contribution is -2.21. The maximum Gasteiger partial charge on any atom is 0.417 e. The summed E-state index contributed by atoms with van der Waals surface area (Å²) in [7, 11) is 0. The molecular formula is C23H11ClF5N3O4. The lowest BCUT2D eigenvalue weighted by molar-refractivity contribution is -0.137. The minimum absolute atomic E-state index is 0.000802. The van der Waals surface area contributed by atoms with Crippen molar-refractivity contribution in [2.45, 2.75) is 12.2 Å². The van der Waals surface area contributed by atoms with Crippen molar-refractivity contribution in [1.29, 1.82) is 0 Å². The molecule has 1 unspecified atom stereocenters. The number of nitrogens with two attached hydrogens (primary N) is 1. The number of halogens is 6. The molecular weight excluding hydrogens is 513 g/mol. The molecule has 184 valence electrons. The number of amides is 2. The summed E-state index contributed by atoms with van der Waals surface area (Å²) in [4.78, 5) is 39.3. The average Bonchev–Trinajstić information content (AvgIpc) is 3.32. The Morgan fingerprint density at radius 1 is 1.06 bits per heavy atom. The van der Waals surface area contributed by atoms with E-state index in [-0.39, 0.29) is 44.4 Å². The second kappa shape index (κ2) is 7.92. The number of benzene rings is 3. The molecule has 4 N–H and O–H groups in total. The summed E-state index contributed by atoms with van der Waals surface area (Å²) in [6.07, 6.45) is -5.00. The highest BCUT2D eigenvalue weighted by Crippen LogP contribution is 2.45. The summed E-state index contributed by atoms with van der Waals surface area (Å²) in [5, 5.41) is 2.53. The van der Waals surface area contributed by atoms with Crippen LogP contribution in [0.25, 0.3) is 22.2 Å². The van der Waals surface area contributed by atoms with Crippen molar-refractivity contribution in [2.75, 3.05) is 0 Å². The molecule has 0 saturated carbocycles. The van der Waals surface area contributed by atoms with E-state index in [0.29, 0.717) is 6.07 Å². The molecule has 36 heavy (non-hydrogen) atoms. The third-order valence-corrected chi connectivity index (χ3v) is 6.11. The fraction of sp³-hybridized carbons (Fsp3) is 0.0870. The van der Waals surface area contributed by atoms with Crippen molar-refractivity contribution in [2.24, 2.45) is 5.73 Å². The fourth-order valence-electron chi connectivity index (χ4n) is 4.32. The lowest BCUT2D eigenvalue weighted by atomic mass is 9.86. The number of oxazole rings is 1. The van der Waals surface area contributed by atoms with E-state index >= 15 is 4.39 Å². The number of fused-ring (bicyclic) bond motifs is 3. The number of carbonyl (C=O) groups is 2. The first-order chi connectivity index (χ1) is 16.9. The maximum absolute atomic E-state index is 15.3. The minimum Gasteiger partial charge on any atom is -0.407 e. The zero-order valence-corrected chi connectivity index (χ0v) is 18.3. The molecule has 3 aromatic carbocycles. The smallest absolute Gasteiger partial charge is 0.407 e. The van der Waals surface area contributed by atoms with Gasteiger partial charge >= 0.3 is 11.9 Å². The quantitative estimate of drug-likeness (QED) is 0.338. The number of nitrogens with one attached hydrogen (secondary N) is 2. The van der Waals surface area contributed by atoms with Gasteiger partial charge < -0.3 is 15.5 Å². The maximum atomic E-state index is 15.3. The van der Waals surface area contributed by atoms with Crippen molar-refractivity contribution >= 4 is 34.5 Å². The average molecular weight is 524 g/mol. The number of aromatic amines is 1. The number of rotatable bonds is 3. The lowest BCUT2D eigenvalue weighted by Gasteiger charge is -2.20. The number of H-pyrrole nitrogens is 1. The van der Waals surface area contributed by atoms with Gasteiger partial charge in [-0.1, -0.05) is 11.6 Å². The van der Waals surface area contributed by atoms with E-state index < -0.39 is 58.1 Å². The zero-order valence-electron chi connectivity index (χ0n) is 17.5. The molecule has 5 rings (SSSR count). The third kappa shape index (κ3) is 3.61. The first kappa shape index (κ1) is 23.5. The molecule has 1 aliphatic heterocycles. The van der Waals surface area contributed by atoms with Crippen LogP contribution < -0.4 is 16.8 Å². The van der Waals surface area contributed by atoms with Crippen LogP contribution in [0.1, 0.15) is 43.4 Å². The molecule has 13 heteroatoms. The second-order valence-corrected chi connectivity index (χ2v) is 8.33. The zero-order chi connectivity index (χ0) is 26.1. The van der Waals surface area contributed by atoms with Crippen LogP contribution in [0, 0.1) is 11.6 Å². The van der Waals surface area contributed by atoms with E-state index in [1.807, 2.05) is 0 Å². The van der Waals surface area contributed by atoms with Gasteiger partial charge in [0.1, 0.15) is 11.6 Å². The molecule has 0 bridgehead atoms. The number of hydrogen-bond donors (Lipinski definition) is 3. The van der Waals surface area contributed by atoms with Gasteiger partial charge in [-0.15, -0.1) is 0 Å². The summed E-state index contributed by atoms with van der Waals surface area (Å²) in [6.45, 7) is 0. The first-order valence-corrected chi connectivity index (χ1v) is 10.4. The standard InChI is InChI=1S/C23H11ClF5N3O4/c24-12-2-1-8(25)5-9(12)18-16-10(6-14-19(36-22(35)31-14)17(16)21(34)32-18)15-11(20(30)33)3-7(4-13(15)26)23(27,28)29/h1-6,18H,(H2,30,33)(H,31,35)(H,32,34). The molecule has 2 heterocycles. The Kier molecular flexibility index (Phi) is 5.18. The van der Waals surface area contributed by atoms with E-state index in [1.165, 1.54) is 6.07 Å². The third-order valence-electron chi connectivity index (χ3n) is 5.76. The van der Waals surface area contributed by atoms with Gasteiger partial charge in [-0.05, 0) is 42.0 Å². The van der Waals surface area contributed by atoms with Gasteiger partial charge in [0.05, 0.1) is 28.2 Å². The summed E-state index contributed by atoms with van der Waals surface area (Å²) >= 11 is 6.22. The number of hydrogen-bond acceptors (Lipinski definition) is 4. The summed E-state index contributed by atoms with van der Waals surface area (Å²) < 4.78 is 74.4. The molecule has 0 radical (unpaired) electrons. The number of primary amides is 1. The van der Waals surface area contributed by atoms with Gasteiger partial charge in [0, 0.05) is 21.7 Å². The Labute approximate surface area is 201 Å². The van der Waals surface area contributed by atoms with E-state index in [0.717, 1.165) is 18.2 Å². The molecule has 7 nitrogen and oxygen atoms in total. The van der Waals surface area contributed by atoms with E-state index in [1.54, 1.807) is 0 Å². The van der Waals surface area contributed by atoms with Gasteiger partial charge in [0.25, 0.3) is 5.91 Å². The van der Waals surface area contributed by atoms with Crippen molar-refractivity contribution in [3.8, 4) is 11.1 Å². The van der Waals surface area contributed by atoms with Gasteiger partial charge in [-0.25, -0.2) is 13.6 Å². The topological polar surface area (TPSA) is 118 Å². The number of aromatic nitrogens is 1. The van der Waals surface area contributed by atoms with Crippen molar-refractivity contribution in [3.05, 3.63) is 91.4 Å². The Bertz CT molecular complexity index is 1680. The van der Waals surface area contributed by atoms with Gasteiger partial charge in [-0.2, -0.15) is 13.2 Å². The number of carbonyl (C=O) groups excluding carboxylic acids is 2. The van der Waals surface area contributed by atoms with E-state index in [9.17, 15) is 31.9 Å². The largest absolute Gasteiger partial charge is 0.417 e. The summed E-state index contributed by atoms with van der Waals surface area (Å²) in [5.41, 5.74) is 1.38. The van der Waals surface area contributed by atoms with Gasteiger partial charge in [0.15, 0.2) is 5.58 Å². The van der Waals surface area contributed by atoms with E-state index in [4.69, 9.17) is 21.8 Å². The van der Waals surface area contributed by atoms with Crippen LogP contribution in [0.4, 0.5) is 22.0 Å². The Morgan fingerprint density at radius 3 is 2.44 bits per heavy atom. The highest BCUT2D eigenvalue weighted by atomic mass is 35.5. The highest BCUT2D eigenvalue weighted by Gasteiger charge is 2.40. The Hall–Kier alpha value is -4.19.